The van der Waals surface area contributed by atoms with Crippen LogP contribution in [0.4, 0.5) is 10.2 Å². The number of benzene rings is 2. The van der Waals surface area contributed by atoms with Gasteiger partial charge in [0.15, 0.2) is 11.6 Å². The van der Waals surface area contributed by atoms with Crippen LogP contribution in [0.3, 0.4) is 0 Å². The molecule has 0 saturated carbocycles. The van der Waals surface area contributed by atoms with E-state index in [2.05, 4.69) is 44.9 Å². The summed E-state index contributed by atoms with van der Waals surface area (Å²) in [4.78, 5) is 25.6. The third kappa shape index (κ3) is 5.89. The van der Waals surface area contributed by atoms with Crippen LogP contribution in [-0.2, 0) is 24.8 Å². The minimum atomic E-state index is -0.568. The molecule has 6 rings (SSSR count). The molecule has 11 heteroatoms. The standard InChI is InChI=1S/C34H30FN7O2S/c1-5-21-13-20(15-38-28(43)6-2)7-9-24(21)31-29(22-8-10-27(26(35)14-22)44-34-37-12-11-19(3)41-34)30-32(45-31)25(17-39-33(30)36)23-16-40-42(4)18-23/h6-14,16-18H,2,5,15H2,1,3-4H3,(H2,36,39)(H,38,43). The van der Waals surface area contributed by atoms with E-state index in [0.717, 1.165) is 54.8 Å². The van der Waals surface area contributed by atoms with Gasteiger partial charge in [-0.3, -0.25) is 9.48 Å². The summed E-state index contributed by atoms with van der Waals surface area (Å²) in [5.41, 5.74) is 13.5. The van der Waals surface area contributed by atoms with Crippen molar-refractivity contribution in [2.24, 2.45) is 7.05 Å². The van der Waals surface area contributed by atoms with Crippen LogP contribution in [0.25, 0.3) is 42.8 Å². The molecular weight excluding hydrogens is 589 g/mol. The molecule has 9 nitrogen and oxygen atoms in total. The summed E-state index contributed by atoms with van der Waals surface area (Å²) in [7, 11) is 1.86. The molecule has 0 unspecified atom stereocenters. The number of pyridine rings is 1. The molecule has 2 aromatic carbocycles. The molecule has 0 bridgehead atoms. The van der Waals surface area contributed by atoms with Gasteiger partial charge in [0, 0.05) is 69.5 Å². The first-order valence-corrected chi connectivity index (χ1v) is 15.1. The van der Waals surface area contributed by atoms with Gasteiger partial charge in [-0.2, -0.15) is 5.10 Å². The molecule has 0 aliphatic carbocycles. The van der Waals surface area contributed by atoms with Crippen molar-refractivity contribution in [1.82, 2.24) is 30.0 Å². The van der Waals surface area contributed by atoms with Crippen molar-refractivity contribution in [2.45, 2.75) is 26.8 Å². The van der Waals surface area contributed by atoms with Crippen LogP contribution in [0.1, 0.15) is 23.7 Å². The van der Waals surface area contributed by atoms with Gasteiger partial charge < -0.3 is 15.8 Å². The third-order valence-corrected chi connectivity index (χ3v) is 8.66. The zero-order valence-corrected chi connectivity index (χ0v) is 25.8. The molecule has 1 amide bonds. The van der Waals surface area contributed by atoms with E-state index in [9.17, 15) is 4.79 Å². The molecule has 0 fully saturated rings. The summed E-state index contributed by atoms with van der Waals surface area (Å²) >= 11 is 1.57. The highest BCUT2D eigenvalue weighted by Gasteiger charge is 2.24. The van der Waals surface area contributed by atoms with Gasteiger partial charge in [-0.1, -0.05) is 37.8 Å². The van der Waals surface area contributed by atoms with Crippen molar-refractivity contribution in [3.8, 4) is 44.5 Å². The van der Waals surface area contributed by atoms with E-state index in [-0.39, 0.29) is 17.7 Å². The summed E-state index contributed by atoms with van der Waals surface area (Å²) in [5, 5.41) is 7.92. The second-order valence-corrected chi connectivity index (χ2v) is 11.5. The van der Waals surface area contributed by atoms with Gasteiger partial charge in [0.05, 0.1) is 6.20 Å². The predicted octanol–water partition coefficient (Wildman–Crippen LogP) is 7.01. The fourth-order valence-corrected chi connectivity index (χ4v) is 6.62. The van der Waals surface area contributed by atoms with E-state index in [4.69, 9.17) is 10.5 Å². The van der Waals surface area contributed by atoms with Crippen LogP contribution in [0.2, 0.25) is 0 Å². The number of carbonyl (C=O) groups excluding carboxylic acids is 1. The number of fused-ring (bicyclic) bond motifs is 1. The number of nitrogen functional groups attached to an aromatic ring is 1. The number of ether oxygens (including phenoxy) is 1. The molecule has 3 N–H and O–H groups in total. The average Bonchev–Trinajstić information content (AvgIpc) is 3.65. The largest absolute Gasteiger partial charge is 0.421 e. The maximum atomic E-state index is 15.7. The number of thiophene rings is 1. The number of rotatable bonds is 9. The second-order valence-electron chi connectivity index (χ2n) is 10.5. The molecule has 0 atom stereocenters. The SMILES string of the molecule is C=CC(=O)NCc1ccc(-c2sc3c(-c4cnn(C)c4)cnc(N)c3c2-c2ccc(Oc3nccc(C)n3)c(F)c2)c(CC)c1. The Bertz CT molecular complexity index is 2090. The summed E-state index contributed by atoms with van der Waals surface area (Å²) in [6.45, 7) is 7.78. The number of hydrogen-bond donors (Lipinski definition) is 2. The Morgan fingerprint density at radius 3 is 2.69 bits per heavy atom. The van der Waals surface area contributed by atoms with Crippen LogP contribution in [0.15, 0.2) is 79.9 Å². The van der Waals surface area contributed by atoms with Gasteiger partial charge in [-0.25, -0.2) is 19.3 Å². The summed E-state index contributed by atoms with van der Waals surface area (Å²) in [5.74, 6) is -0.460. The topological polar surface area (TPSA) is 121 Å². The van der Waals surface area contributed by atoms with Gasteiger partial charge in [0.25, 0.3) is 0 Å². The maximum absolute atomic E-state index is 15.7. The number of carbonyl (C=O) groups is 1. The van der Waals surface area contributed by atoms with Crippen molar-refractivity contribution in [3.63, 3.8) is 0 Å². The highest BCUT2D eigenvalue weighted by atomic mass is 32.1. The van der Waals surface area contributed by atoms with E-state index in [1.165, 1.54) is 12.1 Å². The number of hydrogen-bond acceptors (Lipinski definition) is 8. The van der Waals surface area contributed by atoms with Crippen molar-refractivity contribution in [1.29, 1.82) is 0 Å². The minimum absolute atomic E-state index is 0.00718. The molecular formula is C34H30FN7O2S. The van der Waals surface area contributed by atoms with Gasteiger partial charge in [0.1, 0.15) is 5.82 Å². The molecule has 0 saturated heterocycles. The Balaban J connectivity index is 1.54. The van der Waals surface area contributed by atoms with Crippen LogP contribution in [0, 0.1) is 12.7 Å². The Kier molecular flexibility index (Phi) is 8.10. The van der Waals surface area contributed by atoms with Crippen molar-refractivity contribution >= 4 is 33.1 Å². The van der Waals surface area contributed by atoms with Gasteiger partial charge in [0.2, 0.25) is 5.91 Å². The van der Waals surface area contributed by atoms with Gasteiger partial charge in [-0.15, -0.1) is 11.3 Å². The van der Waals surface area contributed by atoms with E-state index >= 15 is 4.39 Å². The summed E-state index contributed by atoms with van der Waals surface area (Å²) in [6.07, 6.45) is 9.01. The molecule has 4 heterocycles. The lowest BCUT2D eigenvalue weighted by molar-refractivity contribution is -0.116. The lowest BCUT2D eigenvalue weighted by Crippen LogP contribution is -2.20. The Morgan fingerprint density at radius 2 is 1.98 bits per heavy atom. The number of aryl methyl sites for hydroxylation is 3. The fourth-order valence-electron chi connectivity index (χ4n) is 5.20. The number of halogens is 1. The second kappa shape index (κ2) is 12.3. The molecule has 226 valence electrons. The number of nitrogens with zero attached hydrogens (tertiary/aromatic N) is 5. The summed E-state index contributed by atoms with van der Waals surface area (Å²) < 4.78 is 24.0. The molecule has 4 aromatic heterocycles. The van der Waals surface area contributed by atoms with Crippen molar-refractivity contribution in [2.75, 3.05) is 5.73 Å². The zero-order valence-electron chi connectivity index (χ0n) is 25.0. The molecule has 0 aliphatic rings. The fraction of sp³-hybridized carbons (Fsp3) is 0.147. The van der Waals surface area contributed by atoms with Gasteiger partial charge >= 0.3 is 6.01 Å². The first-order valence-electron chi connectivity index (χ1n) is 14.3. The number of nitrogens with two attached hydrogens (primary N) is 1. The normalized spacial score (nSPS) is 11.1. The Morgan fingerprint density at radius 1 is 1.13 bits per heavy atom. The Labute approximate surface area is 263 Å². The lowest BCUT2D eigenvalue weighted by Gasteiger charge is -2.13. The minimum Gasteiger partial charge on any atom is -0.421 e. The number of amides is 1. The highest BCUT2D eigenvalue weighted by molar-refractivity contribution is 7.23. The smallest absolute Gasteiger partial charge is 0.322 e. The van der Waals surface area contributed by atoms with Crippen molar-refractivity contribution in [3.05, 3.63) is 103 Å². The maximum Gasteiger partial charge on any atom is 0.322 e. The van der Waals surface area contributed by atoms with E-state index in [0.29, 0.717) is 23.6 Å². The lowest BCUT2D eigenvalue weighted by atomic mass is 9.94. The quantitative estimate of drug-likeness (QED) is 0.167. The number of aromatic nitrogens is 5. The number of nitrogens with one attached hydrogen (secondary N) is 1. The van der Waals surface area contributed by atoms with Crippen molar-refractivity contribution < 1.29 is 13.9 Å². The van der Waals surface area contributed by atoms with E-state index in [1.54, 1.807) is 52.8 Å². The highest BCUT2D eigenvalue weighted by Crippen LogP contribution is 2.50. The van der Waals surface area contributed by atoms with Gasteiger partial charge in [-0.05, 0) is 59.9 Å². The van der Waals surface area contributed by atoms with Crippen LogP contribution < -0.4 is 15.8 Å². The third-order valence-electron chi connectivity index (χ3n) is 7.40. The molecule has 0 aliphatic heterocycles. The molecule has 45 heavy (non-hydrogen) atoms. The van der Waals surface area contributed by atoms with E-state index < -0.39 is 5.82 Å². The summed E-state index contributed by atoms with van der Waals surface area (Å²) in [6, 6.07) is 12.7. The average molecular weight is 620 g/mol. The molecule has 0 spiro atoms. The number of anilines is 1. The zero-order chi connectivity index (χ0) is 31.7. The predicted molar refractivity (Wildman–Crippen MR) is 175 cm³/mol. The molecule has 6 aromatic rings. The first-order chi connectivity index (χ1) is 21.7. The van der Waals surface area contributed by atoms with Crippen LogP contribution >= 0.6 is 11.3 Å². The molecule has 0 radical (unpaired) electrons. The first kappa shape index (κ1) is 29.6. The van der Waals surface area contributed by atoms with E-state index in [1.807, 2.05) is 32.3 Å². The van der Waals surface area contributed by atoms with Crippen LogP contribution in [-0.4, -0.2) is 30.6 Å². The van der Waals surface area contributed by atoms with Crippen LogP contribution in [0.5, 0.6) is 11.8 Å². The monoisotopic (exact) mass is 619 g/mol. The Hall–Kier alpha value is -5.42.